The minimum absolute atomic E-state index is 0.847. The lowest BCUT2D eigenvalue weighted by molar-refractivity contribution is 0.999. The Balaban J connectivity index is 3.01. The zero-order valence-corrected chi connectivity index (χ0v) is 6.23. The molecule has 0 aliphatic heterocycles. The number of rotatable bonds is 1. The molecule has 9 heavy (non-hydrogen) atoms. The topological polar surface area (TPSA) is 12.9 Å². The maximum atomic E-state index is 4.17. The highest BCUT2D eigenvalue weighted by Crippen LogP contribution is 2.08. The number of aryl methyl sites for hydroxylation is 1. The van der Waals surface area contributed by atoms with Gasteiger partial charge in [0.05, 0.1) is 5.03 Å². The molecule has 0 aliphatic carbocycles. The van der Waals surface area contributed by atoms with Crippen LogP contribution in [0.3, 0.4) is 0 Å². The fraction of sp³-hybridized carbons (Fsp3) is 0.286. The number of hydrogen-bond acceptors (Lipinski definition) is 2. The highest BCUT2D eigenvalue weighted by atomic mass is 32.1. The van der Waals surface area contributed by atoms with Crippen molar-refractivity contribution in [3.8, 4) is 0 Å². The molecule has 1 heterocycles. The van der Waals surface area contributed by atoms with E-state index >= 15 is 0 Å². The van der Waals surface area contributed by atoms with Gasteiger partial charge in [-0.15, -0.1) is 12.6 Å². The molecule has 0 aliphatic rings. The maximum absolute atomic E-state index is 4.17. The summed E-state index contributed by atoms with van der Waals surface area (Å²) in [4.78, 5) is 4.01. The number of hydrogen-bond donors (Lipinski definition) is 1. The van der Waals surface area contributed by atoms with Gasteiger partial charge in [-0.05, 0) is 18.1 Å². The summed E-state index contributed by atoms with van der Waals surface area (Å²) < 4.78 is 0. The van der Waals surface area contributed by atoms with Crippen LogP contribution in [0.15, 0.2) is 23.4 Å². The molecule has 0 spiro atoms. The fourth-order valence-electron chi connectivity index (χ4n) is 0.706. The van der Waals surface area contributed by atoms with Crippen LogP contribution in [0.25, 0.3) is 0 Å². The molecule has 0 unspecified atom stereocenters. The quantitative estimate of drug-likeness (QED) is 0.587. The summed E-state index contributed by atoms with van der Waals surface area (Å²) in [6.07, 6.45) is 2.76. The van der Waals surface area contributed by atoms with Crippen molar-refractivity contribution in [1.29, 1.82) is 0 Å². The van der Waals surface area contributed by atoms with E-state index in [1.54, 1.807) is 6.20 Å². The van der Waals surface area contributed by atoms with E-state index in [0.29, 0.717) is 0 Å². The second kappa shape index (κ2) is 2.87. The van der Waals surface area contributed by atoms with Gasteiger partial charge < -0.3 is 0 Å². The van der Waals surface area contributed by atoms with E-state index in [9.17, 15) is 0 Å². The summed E-state index contributed by atoms with van der Waals surface area (Å²) in [5, 5.41) is 0.847. The van der Waals surface area contributed by atoms with E-state index < -0.39 is 0 Å². The van der Waals surface area contributed by atoms with Crippen LogP contribution in [0.4, 0.5) is 0 Å². The first-order chi connectivity index (χ1) is 4.34. The maximum Gasteiger partial charge on any atom is 0.0961 e. The Morgan fingerprint density at radius 3 is 2.89 bits per heavy atom. The van der Waals surface area contributed by atoms with Gasteiger partial charge in [-0.3, -0.25) is 0 Å². The first-order valence-electron chi connectivity index (χ1n) is 2.97. The Labute approximate surface area is 60.5 Å². The standard InChI is InChI=1S/C7H9NS/c1-2-6-4-3-5-8-7(6)9/h3-5H,2H2,1H3,(H,8,9). The molecule has 1 nitrogen and oxygen atoms in total. The van der Waals surface area contributed by atoms with Gasteiger partial charge in [0, 0.05) is 6.20 Å². The Kier molecular flexibility index (Phi) is 2.11. The number of aromatic nitrogens is 1. The van der Waals surface area contributed by atoms with E-state index in [1.165, 1.54) is 5.56 Å². The Morgan fingerprint density at radius 1 is 1.67 bits per heavy atom. The third kappa shape index (κ3) is 1.45. The molecule has 0 radical (unpaired) electrons. The molecule has 0 saturated heterocycles. The van der Waals surface area contributed by atoms with Crippen molar-refractivity contribution in [1.82, 2.24) is 4.98 Å². The van der Waals surface area contributed by atoms with E-state index in [1.807, 2.05) is 12.1 Å². The average Bonchev–Trinajstić information content (AvgIpc) is 1.89. The Bertz CT molecular complexity index is 198. The van der Waals surface area contributed by atoms with Crippen molar-refractivity contribution in [3.05, 3.63) is 23.9 Å². The molecule has 0 atom stereocenters. The third-order valence-corrected chi connectivity index (χ3v) is 1.65. The van der Waals surface area contributed by atoms with Crippen LogP contribution in [-0.4, -0.2) is 4.98 Å². The van der Waals surface area contributed by atoms with Crippen LogP contribution in [0, 0.1) is 0 Å². The molecule has 0 fully saturated rings. The van der Waals surface area contributed by atoms with E-state index in [-0.39, 0.29) is 0 Å². The smallest absolute Gasteiger partial charge is 0.0961 e. The molecular weight excluding hydrogens is 130 g/mol. The SMILES string of the molecule is CCc1cccnc1S. The van der Waals surface area contributed by atoms with Crippen LogP contribution in [0.2, 0.25) is 0 Å². The van der Waals surface area contributed by atoms with Gasteiger partial charge >= 0.3 is 0 Å². The van der Waals surface area contributed by atoms with Gasteiger partial charge in [0.1, 0.15) is 0 Å². The second-order valence-corrected chi connectivity index (χ2v) is 2.26. The fourth-order valence-corrected chi connectivity index (χ4v) is 1.01. The predicted molar refractivity (Wildman–Crippen MR) is 40.9 cm³/mol. The number of nitrogens with zero attached hydrogens (tertiary/aromatic N) is 1. The number of pyridine rings is 1. The Hall–Kier alpha value is -0.500. The lowest BCUT2D eigenvalue weighted by Gasteiger charge is -1.96. The van der Waals surface area contributed by atoms with Crippen LogP contribution < -0.4 is 0 Å². The lowest BCUT2D eigenvalue weighted by atomic mass is 10.2. The van der Waals surface area contributed by atoms with Crippen LogP contribution in [0.1, 0.15) is 12.5 Å². The van der Waals surface area contributed by atoms with Crippen LogP contribution in [0.5, 0.6) is 0 Å². The zero-order chi connectivity index (χ0) is 6.69. The molecule has 1 aromatic rings. The highest BCUT2D eigenvalue weighted by Gasteiger charge is 1.92. The van der Waals surface area contributed by atoms with E-state index in [4.69, 9.17) is 0 Å². The van der Waals surface area contributed by atoms with Crippen LogP contribution in [-0.2, 0) is 6.42 Å². The molecule has 0 aromatic carbocycles. The van der Waals surface area contributed by atoms with Crippen molar-refractivity contribution in [2.45, 2.75) is 18.4 Å². The highest BCUT2D eigenvalue weighted by molar-refractivity contribution is 7.80. The third-order valence-electron chi connectivity index (χ3n) is 1.25. The van der Waals surface area contributed by atoms with Gasteiger partial charge in [0.2, 0.25) is 0 Å². The summed E-state index contributed by atoms with van der Waals surface area (Å²) in [5.74, 6) is 0. The van der Waals surface area contributed by atoms with E-state index in [0.717, 1.165) is 11.4 Å². The van der Waals surface area contributed by atoms with Gasteiger partial charge in [0.15, 0.2) is 0 Å². The average molecular weight is 139 g/mol. The molecule has 2 heteroatoms. The van der Waals surface area contributed by atoms with Crippen molar-refractivity contribution < 1.29 is 0 Å². The first-order valence-corrected chi connectivity index (χ1v) is 3.42. The van der Waals surface area contributed by atoms with E-state index in [2.05, 4.69) is 24.5 Å². The largest absolute Gasteiger partial charge is 0.250 e. The molecule has 48 valence electrons. The molecule has 0 N–H and O–H groups in total. The molecular formula is C7H9NS. The van der Waals surface area contributed by atoms with Gasteiger partial charge in [-0.2, -0.15) is 0 Å². The lowest BCUT2D eigenvalue weighted by Crippen LogP contribution is -1.83. The van der Waals surface area contributed by atoms with Gasteiger partial charge in [-0.1, -0.05) is 13.0 Å². The first kappa shape index (κ1) is 6.62. The zero-order valence-electron chi connectivity index (χ0n) is 5.33. The molecule has 1 rings (SSSR count). The second-order valence-electron chi connectivity index (χ2n) is 1.84. The van der Waals surface area contributed by atoms with Crippen molar-refractivity contribution in [2.24, 2.45) is 0 Å². The molecule has 1 aromatic heterocycles. The van der Waals surface area contributed by atoms with Gasteiger partial charge in [0.25, 0.3) is 0 Å². The summed E-state index contributed by atoms with van der Waals surface area (Å²) >= 11 is 4.17. The normalized spacial score (nSPS) is 9.56. The van der Waals surface area contributed by atoms with Gasteiger partial charge in [-0.25, -0.2) is 4.98 Å². The number of thiol groups is 1. The van der Waals surface area contributed by atoms with Crippen molar-refractivity contribution >= 4 is 12.6 Å². The summed E-state index contributed by atoms with van der Waals surface area (Å²) in [5.41, 5.74) is 1.21. The summed E-state index contributed by atoms with van der Waals surface area (Å²) in [7, 11) is 0. The van der Waals surface area contributed by atoms with Crippen molar-refractivity contribution in [3.63, 3.8) is 0 Å². The molecule has 0 bridgehead atoms. The molecule has 0 saturated carbocycles. The summed E-state index contributed by atoms with van der Waals surface area (Å²) in [6, 6.07) is 3.97. The summed E-state index contributed by atoms with van der Waals surface area (Å²) in [6.45, 7) is 2.09. The van der Waals surface area contributed by atoms with Crippen molar-refractivity contribution in [2.75, 3.05) is 0 Å². The Morgan fingerprint density at radius 2 is 2.44 bits per heavy atom. The minimum atomic E-state index is 0.847. The minimum Gasteiger partial charge on any atom is -0.250 e. The monoisotopic (exact) mass is 139 g/mol. The predicted octanol–water partition coefficient (Wildman–Crippen LogP) is 1.93. The van der Waals surface area contributed by atoms with Crippen LogP contribution >= 0.6 is 12.6 Å². The molecule has 0 amide bonds.